The molecule has 0 spiro atoms. The van der Waals surface area contributed by atoms with Gasteiger partial charge in [-0.05, 0) is 25.3 Å². The van der Waals surface area contributed by atoms with E-state index in [9.17, 15) is 9.59 Å². The van der Waals surface area contributed by atoms with Crippen molar-refractivity contribution in [1.29, 1.82) is 0 Å². The summed E-state index contributed by atoms with van der Waals surface area (Å²) in [5, 5.41) is 3.05. The first-order valence-electron chi connectivity index (χ1n) is 10.1. The molecule has 1 aliphatic rings. The summed E-state index contributed by atoms with van der Waals surface area (Å²) in [5.74, 6) is 0.0802. The standard InChI is InChI=1S/C21H37N3O2/c1-5-7-8-9-10-14-19(25)23-17(4)18-13-11-12-15-24(18)21(26)20(22)16(3)6-2/h11-13,15-18,20H,5-10,14,22H2,1-4H3,(H,23,25)/t16-,17?,18?,20-/m0/s1. The zero-order chi connectivity index (χ0) is 19.5. The minimum absolute atomic E-state index is 0.0515. The van der Waals surface area contributed by atoms with Crippen LogP contribution < -0.4 is 11.1 Å². The molecule has 0 aromatic carbocycles. The Morgan fingerprint density at radius 2 is 1.81 bits per heavy atom. The van der Waals surface area contributed by atoms with E-state index in [1.807, 2.05) is 39.0 Å². The Morgan fingerprint density at radius 1 is 1.12 bits per heavy atom. The van der Waals surface area contributed by atoms with Gasteiger partial charge in [-0.25, -0.2) is 0 Å². The highest BCUT2D eigenvalue weighted by atomic mass is 16.2. The molecular weight excluding hydrogens is 326 g/mol. The molecule has 0 aromatic heterocycles. The van der Waals surface area contributed by atoms with Crippen LogP contribution in [0.3, 0.4) is 0 Å². The average molecular weight is 364 g/mol. The van der Waals surface area contributed by atoms with Crippen molar-refractivity contribution in [2.24, 2.45) is 11.7 Å². The molecule has 0 saturated heterocycles. The molecule has 1 aliphatic heterocycles. The van der Waals surface area contributed by atoms with E-state index in [2.05, 4.69) is 12.2 Å². The van der Waals surface area contributed by atoms with Gasteiger partial charge in [0.05, 0.1) is 18.1 Å². The summed E-state index contributed by atoms with van der Waals surface area (Å²) in [6.07, 6.45) is 14.5. The molecule has 0 fully saturated rings. The molecule has 0 radical (unpaired) electrons. The van der Waals surface area contributed by atoms with Crippen molar-refractivity contribution < 1.29 is 9.59 Å². The molecule has 0 bridgehead atoms. The van der Waals surface area contributed by atoms with Crippen LogP contribution >= 0.6 is 0 Å². The van der Waals surface area contributed by atoms with Gasteiger partial charge in [-0.15, -0.1) is 0 Å². The Balaban J connectivity index is 2.58. The fourth-order valence-electron chi connectivity index (χ4n) is 3.11. The number of carbonyl (C=O) groups excluding carboxylic acids is 2. The second-order valence-electron chi connectivity index (χ2n) is 7.39. The third-order valence-corrected chi connectivity index (χ3v) is 5.19. The van der Waals surface area contributed by atoms with Crippen molar-refractivity contribution in [2.45, 2.75) is 90.8 Å². The number of hydrogen-bond donors (Lipinski definition) is 2. The SMILES string of the molecule is CCCCCCCC(=O)NC(C)C1C=CC=CN1C(=O)[C@@H](N)[C@@H](C)CC. The number of nitrogens with one attached hydrogen (secondary N) is 1. The molecule has 1 rings (SSSR count). The van der Waals surface area contributed by atoms with Gasteiger partial charge in [0, 0.05) is 12.6 Å². The smallest absolute Gasteiger partial charge is 0.244 e. The van der Waals surface area contributed by atoms with Crippen LogP contribution in [0.15, 0.2) is 24.4 Å². The lowest BCUT2D eigenvalue weighted by molar-refractivity contribution is -0.133. The molecule has 1 heterocycles. The van der Waals surface area contributed by atoms with E-state index in [1.54, 1.807) is 11.1 Å². The Labute approximate surface area is 159 Å². The monoisotopic (exact) mass is 363 g/mol. The zero-order valence-corrected chi connectivity index (χ0v) is 16.9. The first-order chi connectivity index (χ1) is 12.4. The van der Waals surface area contributed by atoms with Crippen molar-refractivity contribution in [1.82, 2.24) is 10.2 Å². The molecular formula is C21H37N3O2. The van der Waals surface area contributed by atoms with Gasteiger partial charge in [-0.2, -0.15) is 0 Å². The van der Waals surface area contributed by atoms with Gasteiger partial charge in [0.15, 0.2) is 0 Å². The van der Waals surface area contributed by atoms with Gasteiger partial charge in [0.25, 0.3) is 0 Å². The fourth-order valence-corrected chi connectivity index (χ4v) is 3.11. The highest BCUT2D eigenvalue weighted by Crippen LogP contribution is 2.17. The fraction of sp³-hybridized carbons (Fsp3) is 0.714. The summed E-state index contributed by atoms with van der Waals surface area (Å²) in [7, 11) is 0. The second kappa shape index (κ2) is 11.9. The maximum atomic E-state index is 12.8. The van der Waals surface area contributed by atoms with Crippen molar-refractivity contribution in [2.75, 3.05) is 0 Å². The Kier molecular flexibility index (Phi) is 10.3. The highest BCUT2D eigenvalue weighted by molar-refractivity contribution is 5.84. The average Bonchev–Trinajstić information content (AvgIpc) is 2.65. The van der Waals surface area contributed by atoms with E-state index < -0.39 is 6.04 Å². The van der Waals surface area contributed by atoms with Crippen LogP contribution in [0.4, 0.5) is 0 Å². The number of rotatable bonds is 11. The largest absolute Gasteiger partial charge is 0.351 e. The predicted octanol–water partition coefficient (Wildman–Crippen LogP) is 3.51. The summed E-state index contributed by atoms with van der Waals surface area (Å²) >= 11 is 0. The summed E-state index contributed by atoms with van der Waals surface area (Å²) < 4.78 is 0. The number of nitrogens with two attached hydrogens (primary N) is 1. The third-order valence-electron chi connectivity index (χ3n) is 5.19. The molecule has 0 saturated carbocycles. The van der Waals surface area contributed by atoms with Gasteiger partial charge in [0.2, 0.25) is 11.8 Å². The molecule has 0 aromatic rings. The van der Waals surface area contributed by atoms with Crippen LogP contribution in [-0.4, -0.2) is 34.8 Å². The van der Waals surface area contributed by atoms with Crippen LogP contribution in [0.2, 0.25) is 0 Å². The van der Waals surface area contributed by atoms with Crippen molar-refractivity contribution in [3.05, 3.63) is 24.4 Å². The third kappa shape index (κ3) is 6.94. The normalized spacial score (nSPS) is 19.9. The molecule has 148 valence electrons. The van der Waals surface area contributed by atoms with E-state index in [-0.39, 0.29) is 29.8 Å². The Hall–Kier alpha value is -1.62. The number of amides is 2. The first-order valence-corrected chi connectivity index (χ1v) is 10.1. The van der Waals surface area contributed by atoms with E-state index in [0.717, 1.165) is 19.3 Å². The molecule has 26 heavy (non-hydrogen) atoms. The molecule has 2 unspecified atom stereocenters. The second-order valence-corrected chi connectivity index (χ2v) is 7.39. The molecule has 5 nitrogen and oxygen atoms in total. The highest BCUT2D eigenvalue weighted by Gasteiger charge is 2.31. The Morgan fingerprint density at radius 3 is 2.46 bits per heavy atom. The summed E-state index contributed by atoms with van der Waals surface area (Å²) in [4.78, 5) is 26.7. The van der Waals surface area contributed by atoms with E-state index in [0.29, 0.717) is 6.42 Å². The molecule has 5 heteroatoms. The Bertz CT molecular complexity index is 501. The summed E-state index contributed by atoms with van der Waals surface area (Å²) in [5.41, 5.74) is 6.13. The van der Waals surface area contributed by atoms with Gasteiger partial charge >= 0.3 is 0 Å². The van der Waals surface area contributed by atoms with Crippen LogP contribution in [-0.2, 0) is 9.59 Å². The summed E-state index contributed by atoms with van der Waals surface area (Å²) in [6.45, 7) is 8.15. The lowest BCUT2D eigenvalue weighted by Gasteiger charge is -2.35. The number of allylic oxidation sites excluding steroid dienone is 2. The van der Waals surface area contributed by atoms with Gasteiger partial charge < -0.3 is 16.0 Å². The van der Waals surface area contributed by atoms with Crippen LogP contribution in [0.25, 0.3) is 0 Å². The molecule has 0 aliphatic carbocycles. The number of unbranched alkanes of at least 4 members (excludes halogenated alkanes) is 4. The van der Waals surface area contributed by atoms with Crippen LogP contribution in [0.5, 0.6) is 0 Å². The lowest BCUT2D eigenvalue weighted by atomic mass is 9.96. The zero-order valence-electron chi connectivity index (χ0n) is 16.9. The minimum Gasteiger partial charge on any atom is -0.351 e. The maximum absolute atomic E-state index is 12.8. The maximum Gasteiger partial charge on any atom is 0.244 e. The van der Waals surface area contributed by atoms with E-state index >= 15 is 0 Å². The number of hydrogen-bond acceptors (Lipinski definition) is 3. The minimum atomic E-state index is -0.528. The van der Waals surface area contributed by atoms with Gasteiger partial charge in [-0.3, -0.25) is 9.59 Å². The number of nitrogens with zero attached hydrogens (tertiary/aromatic N) is 1. The van der Waals surface area contributed by atoms with Crippen LogP contribution in [0, 0.1) is 5.92 Å². The van der Waals surface area contributed by atoms with Crippen LogP contribution in [0.1, 0.15) is 72.6 Å². The van der Waals surface area contributed by atoms with Crippen molar-refractivity contribution >= 4 is 11.8 Å². The quantitative estimate of drug-likeness (QED) is 0.552. The summed E-state index contributed by atoms with van der Waals surface area (Å²) in [6, 6.07) is -0.890. The van der Waals surface area contributed by atoms with Gasteiger partial charge in [-0.1, -0.05) is 65.0 Å². The topological polar surface area (TPSA) is 75.4 Å². The van der Waals surface area contributed by atoms with Gasteiger partial charge in [0.1, 0.15) is 0 Å². The van der Waals surface area contributed by atoms with E-state index in [4.69, 9.17) is 5.73 Å². The lowest BCUT2D eigenvalue weighted by Crippen LogP contribution is -2.54. The molecule has 3 N–H and O–H groups in total. The predicted molar refractivity (Wildman–Crippen MR) is 107 cm³/mol. The number of carbonyl (C=O) groups is 2. The first kappa shape index (κ1) is 22.4. The van der Waals surface area contributed by atoms with Crippen molar-refractivity contribution in [3.8, 4) is 0 Å². The molecule has 2 amide bonds. The molecule has 4 atom stereocenters. The van der Waals surface area contributed by atoms with E-state index in [1.165, 1.54) is 19.3 Å². The van der Waals surface area contributed by atoms with Crippen molar-refractivity contribution in [3.63, 3.8) is 0 Å².